The number of nitrogens with zero attached hydrogens (tertiary/aromatic N) is 2. The molecule has 0 amide bonds. The van der Waals surface area contributed by atoms with Gasteiger partial charge in [0, 0.05) is 0 Å². The lowest BCUT2D eigenvalue weighted by Gasteiger charge is -1.99. The average Bonchev–Trinajstić information content (AvgIpc) is 2.61. The Morgan fingerprint density at radius 3 is 3.12 bits per heavy atom. The fraction of sp³-hybridized carbons (Fsp3) is 0.222. The highest BCUT2D eigenvalue weighted by atomic mass is 16.5. The van der Waals surface area contributed by atoms with E-state index in [9.17, 15) is 14.7 Å². The average molecular weight is 223 g/mol. The quantitative estimate of drug-likeness (QED) is 0.693. The Labute approximate surface area is 89.3 Å². The lowest BCUT2D eigenvalue weighted by Crippen LogP contribution is -2.10. The number of fused-ring (bicyclic) bond motifs is 1. The van der Waals surface area contributed by atoms with Crippen LogP contribution in [0, 0.1) is 0 Å². The van der Waals surface area contributed by atoms with E-state index in [2.05, 4.69) is 10.1 Å². The zero-order chi connectivity index (χ0) is 11.7. The van der Waals surface area contributed by atoms with Gasteiger partial charge in [0.05, 0.1) is 18.9 Å². The van der Waals surface area contributed by atoms with E-state index in [1.54, 1.807) is 6.92 Å². The Bertz CT molecular complexity index is 598. The van der Waals surface area contributed by atoms with Gasteiger partial charge >= 0.3 is 5.97 Å². The first-order chi connectivity index (χ1) is 7.63. The van der Waals surface area contributed by atoms with Crippen LogP contribution >= 0.6 is 0 Å². The molecular formula is C9H9N3O4. The number of carbonyl (C=O) groups is 1. The van der Waals surface area contributed by atoms with Crippen LogP contribution in [0.4, 0.5) is 0 Å². The number of carbonyl (C=O) groups excluding carboxylic acids is 1. The summed E-state index contributed by atoms with van der Waals surface area (Å²) in [7, 11) is 0. The van der Waals surface area contributed by atoms with Crippen LogP contribution in [0.2, 0.25) is 0 Å². The molecule has 0 aromatic carbocycles. The molecule has 84 valence electrons. The summed E-state index contributed by atoms with van der Waals surface area (Å²) >= 11 is 0. The van der Waals surface area contributed by atoms with Gasteiger partial charge in [-0.15, -0.1) is 0 Å². The number of H-pyrrole nitrogens is 1. The number of nitrogens with one attached hydrogen (secondary N) is 1. The molecule has 7 nitrogen and oxygen atoms in total. The Hall–Kier alpha value is -2.31. The van der Waals surface area contributed by atoms with Crippen LogP contribution in [0.3, 0.4) is 0 Å². The van der Waals surface area contributed by atoms with Crippen molar-refractivity contribution in [2.24, 2.45) is 0 Å². The minimum atomic E-state index is -0.598. The fourth-order valence-electron chi connectivity index (χ4n) is 1.33. The smallest absolute Gasteiger partial charge is 0.343 e. The van der Waals surface area contributed by atoms with E-state index >= 15 is 0 Å². The second-order valence-corrected chi connectivity index (χ2v) is 3.03. The molecule has 16 heavy (non-hydrogen) atoms. The Kier molecular flexibility index (Phi) is 2.35. The van der Waals surface area contributed by atoms with Crippen molar-refractivity contribution in [1.29, 1.82) is 0 Å². The van der Waals surface area contributed by atoms with Gasteiger partial charge < -0.3 is 14.8 Å². The summed E-state index contributed by atoms with van der Waals surface area (Å²) in [6.45, 7) is 1.89. The molecule has 7 heteroatoms. The lowest BCUT2D eigenvalue weighted by atomic mass is 10.3. The second kappa shape index (κ2) is 3.69. The highest BCUT2D eigenvalue weighted by Gasteiger charge is 2.16. The number of rotatable bonds is 2. The van der Waals surface area contributed by atoms with Crippen molar-refractivity contribution in [2.45, 2.75) is 6.92 Å². The van der Waals surface area contributed by atoms with Gasteiger partial charge in [0.25, 0.3) is 5.56 Å². The molecule has 0 saturated heterocycles. The number of hydrogen-bond donors (Lipinski definition) is 2. The molecular weight excluding hydrogens is 214 g/mol. The number of aromatic hydroxyl groups is 1. The summed E-state index contributed by atoms with van der Waals surface area (Å²) in [6.07, 6.45) is 1.23. The predicted octanol–water partition coefficient (Wildman–Crippen LogP) is -0.0951. The number of ether oxygens (including phenoxy) is 1. The molecule has 2 rings (SSSR count). The minimum Gasteiger partial charge on any atom is -0.493 e. The molecule has 0 fully saturated rings. The summed E-state index contributed by atoms with van der Waals surface area (Å²) in [5.41, 5.74) is -0.297. The first-order valence-corrected chi connectivity index (χ1v) is 4.60. The van der Waals surface area contributed by atoms with Gasteiger partial charge in [-0.25, -0.2) is 4.79 Å². The minimum absolute atomic E-state index is 0.106. The van der Waals surface area contributed by atoms with Crippen molar-refractivity contribution in [3.05, 3.63) is 28.2 Å². The summed E-state index contributed by atoms with van der Waals surface area (Å²) in [4.78, 5) is 25.0. The van der Waals surface area contributed by atoms with Crippen LogP contribution in [-0.4, -0.2) is 32.3 Å². The van der Waals surface area contributed by atoms with E-state index in [-0.39, 0.29) is 23.7 Å². The van der Waals surface area contributed by atoms with Crippen LogP contribution in [0.25, 0.3) is 5.65 Å². The molecule has 2 aromatic rings. The highest BCUT2D eigenvalue weighted by molar-refractivity contribution is 5.95. The Balaban J connectivity index is 2.64. The first-order valence-electron chi connectivity index (χ1n) is 4.60. The van der Waals surface area contributed by atoms with Gasteiger partial charge in [0.2, 0.25) is 5.88 Å². The van der Waals surface area contributed by atoms with Gasteiger partial charge in [0.1, 0.15) is 5.56 Å². The van der Waals surface area contributed by atoms with Crippen LogP contribution in [0.1, 0.15) is 17.3 Å². The molecule has 2 heterocycles. The first kappa shape index (κ1) is 10.2. The molecule has 0 aliphatic heterocycles. The number of esters is 1. The van der Waals surface area contributed by atoms with Crippen molar-refractivity contribution < 1.29 is 14.6 Å². The maximum atomic E-state index is 11.5. The van der Waals surface area contributed by atoms with E-state index in [1.807, 2.05) is 0 Å². The van der Waals surface area contributed by atoms with Gasteiger partial charge in [-0.1, -0.05) is 0 Å². The largest absolute Gasteiger partial charge is 0.493 e. The molecule has 0 unspecified atom stereocenters. The molecule has 0 aliphatic rings. The highest BCUT2D eigenvalue weighted by Crippen LogP contribution is 2.12. The van der Waals surface area contributed by atoms with Crippen LogP contribution in [-0.2, 0) is 4.74 Å². The summed E-state index contributed by atoms with van der Waals surface area (Å²) < 4.78 is 5.83. The standard InChI is InChI=1S/C9H9N3O4/c1-2-16-9(15)5-4-10-12-7(14)3-6(13)11-8(5)12/h3-4,14H,2H2,1H3,(H,11,13). The second-order valence-electron chi connectivity index (χ2n) is 3.03. The third-order valence-electron chi connectivity index (χ3n) is 1.98. The van der Waals surface area contributed by atoms with Gasteiger partial charge in [-0.2, -0.15) is 9.61 Å². The maximum Gasteiger partial charge on any atom is 0.343 e. The Morgan fingerprint density at radius 2 is 2.44 bits per heavy atom. The van der Waals surface area contributed by atoms with Crippen molar-refractivity contribution in [1.82, 2.24) is 14.6 Å². The number of hydrogen-bond acceptors (Lipinski definition) is 5. The molecule has 0 atom stereocenters. The van der Waals surface area contributed by atoms with Gasteiger partial charge in [-0.3, -0.25) is 4.79 Å². The van der Waals surface area contributed by atoms with Crippen molar-refractivity contribution in [3.8, 4) is 5.88 Å². The van der Waals surface area contributed by atoms with Crippen LogP contribution in [0.5, 0.6) is 5.88 Å². The van der Waals surface area contributed by atoms with Crippen molar-refractivity contribution >= 4 is 11.6 Å². The van der Waals surface area contributed by atoms with Gasteiger partial charge in [0.15, 0.2) is 5.65 Å². The van der Waals surface area contributed by atoms with E-state index in [4.69, 9.17) is 4.74 Å². The molecule has 0 spiro atoms. The van der Waals surface area contributed by atoms with E-state index in [1.165, 1.54) is 6.20 Å². The predicted molar refractivity (Wildman–Crippen MR) is 53.4 cm³/mol. The monoisotopic (exact) mass is 223 g/mol. The zero-order valence-electron chi connectivity index (χ0n) is 8.43. The van der Waals surface area contributed by atoms with Crippen LogP contribution < -0.4 is 5.56 Å². The molecule has 0 aliphatic carbocycles. The van der Waals surface area contributed by atoms with Crippen molar-refractivity contribution in [2.75, 3.05) is 6.61 Å². The molecule has 0 saturated carbocycles. The third kappa shape index (κ3) is 1.52. The topological polar surface area (TPSA) is 96.7 Å². The summed E-state index contributed by atoms with van der Waals surface area (Å²) in [6, 6.07) is 0.967. The SMILES string of the molecule is CCOC(=O)c1cnn2c(O)cc(=O)[nH]c12. The van der Waals surface area contributed by atoms with Gasteiger partial charge in [-0.05, 0) is 6.92 Å². The van der Waals surface area contributed by atoms with Crippen LogP contribution in [0.15, 0.2) is 17.1 Å². The summed E-state index contributed by atoms with van der Waals surface area (Å²) in [5, 5.41) is 13.2. The number of aromatic amines is 1. The fourth-order valence-corrected chi connectivity index (χ4v) is 1.33. The Morgan fingerprint density at radius 1 is 1.69 bits per heavy atom. The molecule has 0 bridgehead atoms. The third-order valence-corrected chi connectivity index (χ3v) is 1.98. The molecule has 2 aromatic heterocycles. The lowest BCUT2D eigenvalue weighted by molar-refractivity contribution is 0.0528. The molecule has 2 N–H and O–H groups in total. The molecule has 0 radical (unpaired) electrons. The van der Waals surface area contributed by atoms with E-state index in [0.29, 0.717) is 0 Å². The zero-order valence-corrected chi connectivity index (χ0v) is 8.43. The maximum absolute atomic E-state index is 11.5. The van der Waals surface area contributed by atoms with Crippen molar-refractivity contribution in [3.63, 3.8) is 0 Å². The van der Waals surface area contributed by atoms with E-state index < -0.39 is 11.5 Å². The normalized spacial score (nSPS) is 10.6. The summed E-state index contributed by atoms with van der Waals surface area (Å²) in [5.74, 6) is -0.937. The number of aromatic nitrogens is 3. The van der Waals surface area contributed by atoms with E-state index in [0.717, 1.165) is 10.6 Å².